The molecule has 3 rings (SSSR count). The Hall–Kier alpha value is -2.11. The summed E-state index contributed by atoms with van der Waals surface area (Å²) in [6, 6.07) is 6.47. The minimum Gasteiger partial charge on any atom is -0.368 e. The van der Waals surface area contributed by atoms with E-state index in [1.54, 1.807) is 17.0 Å². The number of nitrogens with one attached hydrogen (secondary N) is 1. The van der Waals surface area contributed by atoms with Crippen molar-refractivity contribution in [2.24, 2.45) is 5.92 Å². The van der Waals surface area contributed by atoms with Crippen LogP contribution in [0.15, 0.2) is 24.3 Å². The Bertz CT molecular complexity index is 612. The second-order valence-corrected chi connectivity index (χ2v) is 7.10. The maximum absolute atomic E-state index is 13.0. The third-order valence-electron chi connectivity index (χ3n) is 5.38. The zero-order valence-corrected chi connectivity index (χ0v) is 14.7. The molecule has 1 aliphatic heterocycles. The fraction of sp³-hybridized carbons (Fsp3) is 0.579. The van der Waals surface area contributed by atoms with Crippen LogP contribution in [0.5, 0.6) is 0 Å². The first-order valence-electron chi connectivity index (χ1n) is 9.15. The molecule has 2 atom stereocenters. The lowest BCUT2D eigenvalue weighted by atomic mass is 9.86. The lowest BCUT2D eigenvalue weighted by molar-refractivity contribution is -0.146. The molecule has 0 spiro atoms. The number of nitrogens with zero attached hydrogens (tertiary/aromatic N) is 2. The molecule has 2 aliphatic rings. The van der Waals surface area contributed by atoms with E-state index in [-0.39, 0.29) is 11.9 Å². The number of benzene rings is 1. The summed E-state index contributed by atoms with van der Waals surface area (Å²) in [6.07, 6.45) is 4.38. The van der Waals surface area contributed by atoms with Crippen molar-refractivity contribution in [3.8, 4) is 0 Å². The summed E-state index contributed by atoms with van der Waals surface area (Å²) < 4.78 is 13.0. The normalized spacial score (nSPS) is 24.1. The summed E-state index contributed by atoms with van der Waals surface area (Å²) in [5.41, 5.74) is 0.939. The topological polar surface area (TPSA) is 52.7 Å². The average Bonchev–Trinajstić information content (AvgIpc) is 2.64. The van der Waals surface area contributed by atoms with Gasteiger partial charge in [0.2, 0.25) is 0 Å². The van der Waals surface area contributed by atoms with Crippen LogP contribution in [0.1, 0.15) is 32.6 Å². The summed E-state index contributed by atoms with van der Waals surface area (Å²) in [5, 5.41) is 2.93. The number of hydrogen-bond donors (Lipinski definition) is 1. The number of anilines is 1. The van der Waals surface area contributed by atoms with Gasteiger partial charge in [-0.1, -0.05) is 19.8 Å². The monoisotopic (exact) mass is 347 g/mol. The van der Waals surface area contributed by atoms with Gasteiger partial charge in [-0.15, -0.1) is 0 Å². The molecule has 1 aromatic carbocycles. The SMILES string of the molecule is CC1CCCCC1NC(=O)C(=O)N1CCN(c2ccc(F)cc2)CC1. The predicted molar refractivity (Wildman–Crippen MR) is 94.8 cm³/mol. The van der Waals surface area contributed by atoms with Crippen LogP contribution in [-0.4, -0.2) is 48.9 Å². The third kappa shape index (κ3) is 4.30. The Morgan fingerprint density at radius 3 is 2.32 bits per heavy atom. The molecule has 2 fully saturated rings. The molecular formula is C19H26FN3O2. The Labute approximate surface area is 148 Å². The second kappa shape index (κ2) is 7.85. The summed E-state index contributed by atoms with van der Waals surface area (Å²) >= 11 is 0. The van der Waals surface area contributed by atoms with Gasteiger partial charge in [-0.25, -0.2) is 4.39 Å². The summed E-state index contributed by atoms with van der Waals surface area (Å²) in [6.45, 7) is 4.43. The lowest BCUT2D eigenvalue weighted by Gasteiger charge is -2.36. The minimum absolute atomic E-state index is 0.116. The van der Waals surface area contributed by atoms with Gasteiger partial charge in [-0.05, 0) is 43.0 Å². The molecule has 2 amide bonds. The number of piperazine rings is 1. The highest BCUT2D eigenvalue weighted by Gasteiger charge is 2.29. The fourth-order valence-electron chi connectivity index (χ4n) is 3.72. The smallest absolute Gasteiger partial charge is 0.312 e. The highest BCUT2D eigenvalue weighted by atomic mass is 19.1. The molecular weight excluding hydrogens is 321 g/mol. The van der Waals surface area contributed by atoms with Gasteiger partial charge < -0.3 is 15.1 Å². The second-order valence-electron chi connectivity index (χ2n) is 7.10. The van der Waals surface area contributed by atoms with E-state index >= 15 is 0 Å². The fourth-order valence-corrected chi connectivity index (χ4v) is 3.72. The summed E-state index contributed by atoms with van der Waals surface area (Å²) in [4.78, 5) is 28.4. The Morgan fingerprint density at radius 1 is 1.04 bits per heavy atom. The van der Waals surface area contributed by atoms with Gasteiger partial charge in [-0.2, -0.15) is 0 Å². The number of carbonyl (C=O) groups excluding carboxylic acids is 2. The zero-order chi connectivity index (χ0) is 17.8. The van der Waals surface area contributed by atoms with E-state index in [4.69, 9.17) is 0 Å². The van der Waals surface area contributed by atoms with Crippen molar-refractivity contribution in [2.75, 3.05) is 31.1 Å². The van der Waals surface area contributed by atoms with Crippen molar-refractivity contribution < 1.29 is 14.0 Å². The van der Waals surface area contributed by atoms with Crippen molar-refractivity contribution in [3.63, 3.8) is 0 Å². The molecule has 0 radical (unpaired) electrons. The maximum atomic E-state index is 13.0. The highest BCUT2D eigenvalue weighted by Crippen LogP contribution is 2.23. The molecule has 0 bridgehead atoms. The number of carbonyl (C=O) groups is 2. The van der Waals surface area contributed by atoms with Crippen LogP contribution in [0.3, 0.4) is 0 Å². The van der Waals surface area contributed by atoms with Gasteiger partial charge in [-0.3, -0.25) is 9.59 Å². The number of hydrogen-bond acceptors (Lipinski definition) is 3. The molecule has 1 aromatic rings. The van der Waals surface area contributed by atoms with Crippen LogP contribution in [0.25, 0.3) is 0 Å². The standard InChI is InChI=1S/C19H26FN3O2/c1-14-4-2-3-5-17(14)21-18(24)19(25)23-12-10-22(11-13-23)16-8-6-15(20)7-9-16/h6-9,14,17H,2-5,10-13H2,1H3,(H,21,24). The molecule has 0 aromatic heterocycles. The van der Waals surface area contributed by atoms with E-state index in [0.29, 0.717) is 32.1 Å². The number of rotatable bonds is 2. The van der Waals surface area contributed by atoms with E-state index in [1.807, 2.05) is 0 Å². The van der Waals surface area contributed by atoms with E-state index in [2.05, 4.69) is 17.1 Å². The van der Waals surface area contributed by atoms with Crippen molar-refractivity contribution in [1.29, 1.82) is 0 Å². The lowest BCUT2D eigenvalue weighted by Crippen LogP contribution is -2.54. The van der Waals surface area contributed by atoms with E-state index in [1.165, 1.54) is 18.6 Å². The van der Waals surface area contributed by atoms with Crippen LogP contribution in [0.2, 0.25) is 0 Å². The molecule has 25 heavy (non-hydrogen) atoms. The van der Waals surface area contributed by atoms with Gasteiger partial charge in [0.15, 0.2) is 0 Å². The van der Waals surface area contributed by atoms with Gasteiger partial charge in [0.05, 0.1) is 0 Å². The molecule has 2 unspecified atom stereocenters. The summed E-state index contributed by atoms with van der Waals surface area (Å²) in [7, 11) is 0. The number of halogens is 1. The molecule has 6 heteroatoms. The molecule has 136 valence electrons. The highest BCUT2D eigenvalue weighted by molar-refractivity contribution is 6.35. The first-order valence-corrected chi connectivity index (χ1v) is 9.15. The minimum atomic E-state index is -0.478. The van der Waals surface area contributed by atoms with Crippen molar-refractivity contribution in [1.82, 2.24) is 10.2 Å². The largest absolute Gasteiger partial charge is 0.368 e. The first-order chi connectivity index (χ1) is 12.0. The van der Waals surface area contributed by atoms with Gasteiger partial charge in [0.1, 0.15) is 5.82 Å². The molecule has 1 aliphatic carbocycles. The quantitative estimate of drug-likeness (QED) is 0.834. The molecule has 1 heterocycles. The van der Waals surface area contributed by atoms with Gasteiger partial charge >= 0.3 is 11.8 Å². The predicted octanol–water partition coefficient (Wildman–Crippen LogP) is 2.17. The van der Waals surface area contributed by atoms with E-state index in [0.717, 1.165) is 24.9 Å². The van der Waals surface area contributed by atoms with Crippen LogP contribution < -0.4 is 10.2 Å². The Balaban J connectivity index is 1.50. The summed E-state index contributed by atoms with van der Waals surface area (Å²) in [5.74, 6) is -0.738. The van der Waals surface area contributed by atoms with Crippen LogP contribution in [0.4, 0.5) is 10.1 Å². The molecule has 5 nitrogen and oxygen atoms in total. The van der Waals surface area contributed by atoms with Crippen molar-refractivity contribution >= 4 is 17.5 Å². The zero-order valence-electron chi connectivity index (χ0n) is 14.7. The molecule has 1 N–H and O–H groups in total. The molecule has 1 saturated heterocycles. The maximum Gasteiger partial charge on any atom is 0.312 e. The van der Waals surface area contributed by atoms with Crippen LogP contribution in [-0.2, 0) is 9.59 Å². The van der Waals surface area contributed by atoms with Crippen molar-refractivity contribution in [2.45, 2.75) is 38.6 Å². The average molecular weight is 347 g/mol. The van der Waals surface area contributed by atoms with E-state index in [9.17, 15) is 14.0 Å². The Morgan fingerprint density at radius 2 is 1.68 bits per heavy atom. The number of amides is 2. The third-order valence-corrected chi connectivity index (χ3v) is 5.38. The van der Waals surface area contributed by atoms with Crippen LogP contribution >= 0.6 is 0 Å². The first kappa shape index (κ1) is 17.7. The van der Waals surface area contributed by atoms with Gasteiger partial charge in [0.25, 0.3) is 0 Å². The van der Waals surface area contributed by atoms with Crippen LogP contribution in [0, 0.1) is 11.7 Å². The van der Waals surface area contributed by atoms with Gasteiger partial charge in [0, 0.05) is 37.9 Å². The van der Waals surface area contributed by atoms with E-state index < -0.39 is 11.8 Å². The molecule has 1 saturated carbocycles. The van der Waals surface area contributed by atoms with Crippen molar-refractivity contribution in [3.05, 3.63) is 30.1 Å². The Kier molecular flexibility index (Phi) is 5.56.